The molecule has 63 heavy (non-hydrogen) atoms. The zero-order valence-corrected chi connectivity index (χ0v) is 34.0. The predicted octanol–water partition coefficient (Wildman–Crippen LogP) is 8.75. The number of nitrogens with zero attached hydrogens (tertiary/aromatic N) is 4. The molecule has 9 rings (SSSR count). The highest BCUT2D eigenvalue weighted by Gasteiger charge is 2.28. The van der Waals surface area contributed by atoms with Gasteiger partial charge >= 0.3 is 23.9 Å². The summed E-state index contributed by atoms with van der Waals surface area (Å²) in [5, 5.41) is 9.72. The Kier molecular flexibility index (Phi) is 10.4. The number of carbonyl (C=O) groups is 4. The third-order valence-electron chi connectivity index (χ3n) is 10.8. The van der Waals surface area contributed by atoms with Crippen LogP contribution in [-0.4, -0.2) is 73.2 Å². The number of benzene rings is 4. The fourth-order valence-electron chi connectivity index (χ4n) is 7.72. The summed E-state index contributed by atoms with van der Waals surface area (Å²) >= 11 is 0. The number of carbonyl (C=O) groups excluding carboxylic acids is 3. The maximum atomic E-state index is 12.5. The smallest absolute Gasteiger partial charge is 0.337 e. The standard InChI is InChI=1S/C51H34N4O8/c1-61-49(58)33-14-6-29(7-15-33)45-38-22-20-36(52-38)44(28-4-12-32(13-5-28)48(56)57)37-21-23-39(53-37)46(30-8-16-34(17-9-30)50(59)62-2)41-25-27-43(55-41)47(42-26-24-40(45)54-42)31-10-18-35(19-11-31)51(60)63-3/h4-27H,1-3H3,(H,56,57). The minimum atomic E-state index is -1.05. The van der Waals surface area contributed by atoms with Gasteiger partial charge in [0.05, 0.1) is 89.2 Å². The van der Waals surface area contributed by atoms with Crippen molar-refractivity contribution >= 4 is 69.0 Å². The first-order valence-corrected chi connectivity index (χ1v) is 19.6. The van der Waals surface area contributed by atoms with Crippen LogP contribution in [0.15, 0.2) is 188 Å². The molecule has 0 aliphatic carbocycles. The molecule has 12 heteroatoms. The number of carboxylic acid groups (broad SMARTS) is 1. The highest BCUT2D eigenvalue weighted by molar-refractivity contribution is 6.39. The van der Waals surface area contributed by atoms with Crippen molar-refractivity contribution in [1.82, 2.24) is 0 Å². The Labute approximate surface area is 360 Å². The van der Waals surface area contributed by atoms with E-state index in [9.17, 15) is 24.3 Å². The van der Waals surface area contributed by atoms with E-state index >= 15 is 0 Å². The number of fused-ring (bicyclic) bond motifs is 4. The molecule has 0 radical (unpaired) electrons. The van der Waals surface area contributed by atoms with Gasteiger partial charge in [0, 0.05) is 22.3 Å². The average molecular weight is 831 g/mol. The summed E-state index contributed by atoms with van der Waals surface area (Å²) in [5.41, 5.74) is 11.5. The molecule has 0 fully saturated rings. The van der Waals surface area contributed by atoms with Crippen molar-refractivity contribution in [1.29, 1.82) is 0 Å². The van der Waals surface area contributed by atoms with Crippen LogP contribution >= 0.6 is 0 Å². The number of aromatic carboxylic acids is 1. The second kappa shape index (κ2) is 16.4. The molecular weight excluding hydrogens is 797 g/mol. The summed E-state index contributed by atoms with van der Waals surface area (Å²) < 4.78 is 14.9. The molecule has 4 aromatic carbocycles. The van der Waals surface area contributed by atoms with Gasteiger partial charge < -0.3 is 19.3 Å². The Hall–Kier alpha value is -8.64. The lowest BCUT2D eigenvalue weighted by molar-refractivity contribution is 0.0592. The van der Waals surface area contributed by atoms with Crippen LogP contribution < -0.4 is 0 Å². The molecule has 1 N–H and O–H groups in total. The molecule has 12 nitrogen and oxygen atoms in total. The summed E-state index contributed by atoms with van der Waals surface area (Å²) in [5.74, 6) is -2.47. The summed E-state index contributed by atoms with van der Waals surface area (Å²) in [7, 11) is 3.99. The van der Waals surface area contributed by atoms with Crippen molar-refractivity contribution in [3.8, 4) is 0 Å². The first-order valence-electron chi connectivity index (χ1n) is 19.6. The fraction of sp³-hybridized carbons (Fsp3) is 0.0588. The van der Waals surface area contributed by atoms with Gasteiger partial charge in [0.2, 0.25) is 0 Å². The van der Waals surface area contributed by atoms with Gasteiger partial charge in [-0.15, -0.1) is 0 Å². The third kappa shape index (κ3) is 7.46. The van der Waals surface area contributed by atoms with E-state index in [4.69, 9.17) is 34.2 Å². The van der Waals surface area contributed by atoms with Gasteiger partial charge in [-0.25, -0.2) is 39.1 Å². The lowest BCUT2D eigenvalue weighted by atomic mass is 9.97. The van der Waals surface area contributed by atoms with E-state index in [-0.39, 0.29) is 5.56 Å². The van der Waals surface area contributed by atoms with Crippen LogP contribution in [0, 0.1) is 0 Å². The Morgan fingerprint density at radius 3 is 0.778 bits per heavy atom. The maximum absolute atomic E-state index is 12.5. The summed E-state index contributed by atoms with van der Waals surface area (Å²) in [6.07, 6.45) is 15.2. The molecule has 8 bridgehead atoms. The molecule has 4 aromatic rings. The van der Waals surface area contributed by atoms with Gasteiger partial charge in [-0.1, -0.05) is 48.5 Å². The zero-order chi connectivity index (χ0) is 43.8. The van der Waals surface area contributed by atoms with Gasteiger partial charge in [-0.2, -0.15) is 0 Å². The van der Waals surface area contributed by atoms with Gasteiger partial charge in [0.15, 0.2) is 0 Å². The molecular formula is C51H34N4O8. The highest BCUT2D eigenvalue weighted by Crippen LogP contribution is 2.39. The molecule has 0 saturated heterocycles. The number of allylic oxidation sites excluding steroid dienone is 12. The lowest BCUT2D eigenvalue weighted by Gasteiger charge is -2.13. The maximum Gasteiger partial charge on any atom is 0.337 e. The van der Waals surface area contributed by atoms with E-state index in [1.54, 1.807) is 60.7 Å². The van der Waals surface area contributed by atoms with Crippen LogP contribution in [0.4, 0.5) is 0 Å². The van der Waals surface area contributed by atoms with Crippen molar-refractivity contribution in [3.63, 3.8) is 0 Å². The Morgan fingerprint density at radius 2 is 0.571 bits per heavy atom. The van der Waals surface area contributed by atoms with E-state index in [0.29, 0.717) is 90.2 Å². The third-order valence-corrected chi connectivity index (χ3v) is 10.8. The molecule has 0 amide bonds. The van der Waals surface area contributed by atoms with Crippen molar-refractivity contribution in [2.24, 2.45) is 20.0 Å². The second-order valence-electron chi connectivity index (χ2n) is 14.5. The molecule has 306 valence electrons. The van der Waals surface area contributed by atoms with Gasteiger partial charge in [-0.05, 0) is 119 Å². The molecule has 0 unspecified atom stereocenters. The predicted molar refractivity (Wildman–Crippen MR) is 241 cm³/mol. The Bertz CT molecular complexity index is 3020. The first-order chi connectivity index (χ1) is 30.6. The second-order valence-corrected chi connectivity index (χ2v) is 14.5. The number of ether oxygens (including phenoxy) is 3. The largest absolute Gasteiger partial charge is 0.478 e. The molecule has 5 aliphatic heterocycles. The SMILES string of the molecule is COC(=O)c1ccc(C2=C3C=CC(=N3)C(c3ccc(C(=O)OC)cc3)=C3C=CC(=N3)C(c3ccc(C(=O)OC)cc3)=C3C=CC(=N3)C(c3ccc(C(=O)O)cc3)=C3C=CC2=N3)cc1. The van der Waals surface area contributed by atoms with Crippen LogP contribution in [-0.2, 0) is 14.2 Å². The van der Waals surface area contributed by atoms with Crippen LogP contribution in [0.3, 0.4) is 0 Å². The monoisotopic (exact) mass is 830 g/mol. The molecule has 0 atom stereocenters. The minimum Gasteiger partial charge on any atom is -0.478 e. The fourth-order valence-corrected chi connectivity index (χ4v) is 7.72. The summed E-state index contributed by atoms with van der Waals surface area (Å²) in [6.45, 7) is 0. The van der Waals surface area contributed by atoms with Crippen LogP contribution in [0.5, 0.6) is 0 Å². The molecule has 0 aromatic heterocycles. The zero-order valence-electron chi connectivity index (χ0n) is 34.0. The van der Waals surface area contributed by atoms with E-state index in [1.165, 1.54) is 21.3 Å². The lowest BCUT2D eigenvalue weighted by Crippen LogP contribution is -2.05. The molecule has 0 saturated carbocycles. The minimum absolute atomic E-state index is 0.128. The molecule has 0 spiro atoms. The van der Waals surface area contributed by atoms with Crippen LogP contribution in [0.1, 0.15) is 63.7 Å². The number of hydrogen-bond acceptors (Lipinski definition) is 11. The quantitative estimate of drug-likeness (QED) is 0.136. The van der Waals surface area contributed by atoms with Crippen molar-refractivity contribution < 1.29 is 38.5 Å². The summed E-state index contributed by atoms with van der Waals surface area (Å²) in [4.78, 5) is 70.1. The average Bonchev–Trinajstić information content (AvgIpc) is 4.17. The van der Waals surface area contributed by atoms with E-state index in [0.717, 1.165) is 16.7 Å². The van der Waals surface area contributed by atoms with Gasteiger partial charge in [0.1, 0.15) is 0 Å². The first kappa shape index (κ1) is 39.8. The Morgan fingerprint density at radius 1 is 0.349 bits per heavy atom. The number of rotatable bonds is 8. The van der Waals surface area contributed by atoms with Crippen LogP contribution in [0.25, 0.3) is 22.3 Å². The highest BCUT2D eigenvalue weighted by atomic mass is 16.5. The molecule has 5 aliphatic rings. The molecule has 5 heterocycles. The number of esters is 3. The summed E-state index contributed by atoms with van der Waals surface area (Å²) in [6, 6.07) is 27.6. The van der Waals surface area contributed by atoms with Crippen molar-refractivity contribution in [2.75, 3.05) is 21.3 Å². The van der Waals surface area contributed by atoms with Crippen molar-refractivity contribution in [2.45, 2.75) is 0 Å². The van der Waals surface area contributed by atoms with E-state index < -0.39 is 23.9 Å². The van der Waals surface area contributed by atoms with E-state index in [2.05, 4.69) is 0 Å². The van der Waals surface area contributed by atoms with Crippen molar-refractivity contribution in [3.05, 3.63) is 213 Å². The van der Waals surface area contributed by atoms with Crippen LogP contribution in [0.2, 0.25) is 0 Å². The number of carboxylic acids is 1. The van der Waals surface area contributed by atoms with E-state index in [1.807, 2.05) is 85.0 Å². The normalized spacial score (nSPS) is 16.0. The number of aliphatic imine (C=N–C) groups is 4. The van der Waals surface area contributed by atoms with Gasteiger partial charge in [-0.3, -0.25) is 0 Å². The number of methoxy groups -OCH3 is 3. The topological polar surface area (TPSA) is 166 Å². The number of hydrogen-bond donors (Lipinski definition) is 1. The Balaban J connectivity index is 1.33. The van der Waals surface area contributed by atoms with Gasteiger partial charge in [0.25, 0.3) is 0 Å².